The second-order valence-corrected chi connectivity index (χ2v) is 5.94. The molecule has 20 heavy (non-hydrogen) atoms. The van der Waals surface area contributed by atoms with E-state index in [1.165, 1.54) is 4.88 Å². The number of nitrogens with zero attached hydrogens (tertiary/aromatic N) is 3. The number of thiophene rings is 1. The number of rotatable bonds is 3. The minimum Gasteiger partial charge on any atom is -0.329 e. The van der Waals surface area contributed by atoms with Gasteiger partial charge in [-0.1, -0.05) is 12.1 Å². The van der Waals surface area contributed by atoms with Crippen molar-refractivity contribution in [2.75, 3.05) is 11.9 Å². The molecule has 3 aromatic rings. The molecule has 0 bridgehead atoms. The second-order valence-electron chi connectivity index (χ2n) is 4.71. The molecule has 0 saturated heterocycles. The molecular weight excluding hydrogens is 268 g/mol. The van der Waals surface area contributed by atoms with Gasteiger partial charge in [-0.15, -0.1) is 11.3 Å². The normalized spacial score (nSPS) is 10.9. The van der Waals surface area contributed by atoms with Gasteiger partial charge in [-0.2, -0.15) is 0 Å². The van der Waals surface area contributed by atoms with E-state index in [1.807, 2.05) is 19.2 Å². The molecule has 0 aliphatic heterocycles. The van der Waals surface area contributed by atoms with Gasteiger partial charge in [-0.3, -0.25) is 0 Å². The van der Waals surface area contributed by atoms with Crippen LogP contribution in [0.3, 0.4) is 0 Å². The third-order valence-electron chi connectivity index (χ3n) is 3.28. The molecule has 2 heterocycles. The van der Waals surface area contributed by atoms with Crippen LogP contribution < -0.4 is 10.6 Å². The number of benzene rings is 1. The van der Waals surface area contributed by atoms with Crippen LogP contribution in [-0.4, -0.2) is 17.0 Å². The van der Waals surface area contributed by atoms with Gasteiger partial charge in [0.1, 0.15) is 17.0 Å². The molecule has 0 radical (unpaired) electrons. The van der Waals surface area contributed by atoms with Crippen molar-refractivity contribution in [3.05, 3.63) is 47.1 Å². The summed E-state index contributed by atoms with van der Waals surface area (Å²) in [6, 6.07) is 10.3. The van der Waals surface area contributed by atoms with E-state index in [1.54, 1.807) is 17.7 Å². The van der Waals surface area contributed by atoms with Crippen LogP contribution in [0.2, 0.25) is 0 Å². The first-order valence-electron chi connectivity index (χ1n) is 6.43. The number of aryl methyl sites for hydroxylation is 1. The Morgan fingerprint density at radius 3 is 2.90 bits per heavy atom. The van der Waals surface area contributed by atoms with Gasteiger partial charge in [-0.25, -0.2) is 9.97 Å². The van der Waals surface area contributed by atoms with E-state index in [-0.39, 0.29) is 0 Å². The zero-order chi connectivity index (χ0) is 14.1. The first kappa shape index (κ1) is 13.0. The molecule has 0 aliphatic carbocycles. The number of nitrogens with two attached hydrogens (primary N) is 1. The number of anilines is 2. The van der Waals surface area contributed by atoms with Gasteiger partial charge in [-0.05, 0) is 30.7 Å². The summed E-state index contributed by atoms with van der Waals surface area (Å²) >= 11 is 1.69. The Labute approximate surface area is 121 Å². The van der Waals surface area contributed by atoms with Gasteiger partial charge in [0.2, 0.25) is 0 Å². The Balaban J connectivity index is 2.09. The Kier molecular flexibility index (Phi) is 3.38. The Hall–Kier alpha value is -1.98. The monoisotopic (exact) mass is 284 g/mol. The van der Waals surface area contributed by atoms with E-state index in [4.69, 9.17) is 5.73 Å². The molecule has 102 valence electrons. The Bertz CT molecular complexity index is 750. The topological polar surface area (TPSA) is 55.0 Å². The summed E-state index contributed by atoms with van der Waals surface area (Å²) in [5, 5.41) is 1.09. The minimum atomic E-state index is 0.540. The van der Waals surface area contributed by atoms with Crippen LogP contribution >= 0.6 is 11.3 Å². The highest BCUT2D eigenvalue weighted by Crippen LogP contribution is 2.32. The van der Waals surface area contributed by atoms with Gasteiger partial charge < -0.3 is 10.6 Å². The van der Waals surface area contributed by atoms with E-state index in [9.17, 15) is 0 Å². The van der Waals surface area contributed by atoms with Crippen LogP contribution in [0.4, 0.5) is 11.5 Å². The molecule has 0 fully saturated rings. The quantitative estimate of drug-likeness (QED) is 0.802. The molecule has 0 aliphatic rings. The van der Waals surface area contributed by atoms with Crippen molar-refractivity contribution < 1.29 is 0 Å². The smallest absolute Gasteiger partial charge is 0.144 e. The van der Waals surface area contributed by atoms with Crippen LogP contribution in [0.25, 0.3) is 10.2 Å². The molecule has 0 atom stereocenters. The van der Waals surface area contributed by atoms with E-state index >= 15 is 0 Å². The lowest BCUT2D eigenvalue weighted by Gasteiger charge is -2.19. The molecule has 0 spiro atoms. The molecule has 0 amide bonds. The highest BCUT2D eigenvalue weighted by Gasteiger charge is 2.12. The first-order valence-corrected chi connectivity index (χ1v) is 7.24. The summed E-state index contributed by atoms with van der Waals surface area (Å²) in [7, 11) is 2.02. The van der Waals surface area contributed by atoms with Crippen molar-refractivity contribution in [1.29, 1.82) is 0 Å². The maximum absolute atomic E-state index is 5.71. The summed E-state index contributed by atoms with van der Waals surface area (Å²) in [6.45, 7) is 2.63. The lowest BCUT2D eigenvalue weighted by Crippen LogP contribution is -2.12. The SMILES string of the molecule is Cc1cc2c(N(C)c3cccc(CN)c3)ncnc2s1. The molecule has 2 N–H and O–H groups in total. The zero-order valence-electron chi connectivity index (χ0n) is 11.5. The van der Waals surface area contributed by atoms with Crippen molar-refractivity contribution >= 4 is 33.1 Å². The lowest BCUT2D eigenvalue weighted by molar-refractivity contribution is 1.06. The summed E-state index contributed by atoms with van der Waals surface area (Å²) in [4.78, 5) is 13.1. The fourth-order valence-electron chi connectivity index (χ4n) is 2.25. The number of hydrogen-bond acceptors (Lipinski definition) is 5. The molecule has 5 heteroatoms. The van der Waals surface area contributed by atoms with Crippen molar-refractivity contribution in [2.45, 2.75) is 13.5 Å². The Morgan fingerprint density at radius 2 is 2.10 bits per heavy atom. The van der Waals surface area contributed by atoms with Crippen molar-refractivity contribution in [1.82, 2.24) is 9.97 Å². The Morgan fingerprint density at radius 1 is 1.25 bits per heavy atom. The zero-order valence-corrected chi connectivity index (χ0v) is 12.3. The van der Waals surface area contributed by atoms with Gasteiger partial charge in [0.15, 0.2) is 0 Å². The van der Waals surface area contributed by atoms with Crippen molar-refractivity contribution in [2.24, 2.45) is 5.73 Å². The fraction of sp³-hybridized carbons (Fsp3) is 0.200. The van der Waals surface area contributed by atoms with Crippen molar-refractivity contribution in [3.8, 4) is 0 Å². The number of fused-ring (bicyclic) bond motifs is 1. The highest BCUT2D eigenvalue weighted by molar-refractivity contribution is 7.18. The summed E-state index contributed by atoms with van der Waals surface area (Å²) in [5.41, 5.74) is 7.90. The maximum atomic E-state index is 5.71. The summed E-state index contributed by atoms with van der Waals surface area (Å²) in [5.74, 6) is 0.925. The third-order valence-corrected chi connectivity index (χ3v) is 4.24. The van der Waals surface area contributed by atoms with E-state index in [2.05, 4.69) is 40.0 Å². The standard InChI is InChI=1S/C15H16N4S/c1-10-6-13-14(17-9-18-15(13)20-10)19(2)12-5-3-4-11(7-12)8-16/h3-7,9H,8,16H2,1-2H3. The molecular formula is C15H16N4S. The summed E-state index contributed by atoms with van der Waals surface area (Å²) < 4.78 is 0. The van der Waals surface area contributed by atoms with Gasteiger partial charge >= 0.3 is 0 Å². The molecule has 2 aromatic heterocycles. The molecule has 1 aromatic carbocycles. The van der Waals surface area contributed by atoms with Crippen LogP contribution in [-0.2, 0) is 6.54 Å². The number of hydrogen-bond donors (Lipinski definition) is 1. The fourth-order valence-corrected chi connectivity index (χ4v) is 3.09. The molecule has 0 saturated carbocycles. The predicted octanol–water partition coefficient (Wildman–Crippen LogP) is 3.23. The predicted molar refractivity (Wildman–Crippen MR) is 84.5 cm³/mol. The molecule has 3 rings (SSSR count). The van der Waals surface area contributed by atoms with Gasteiger partial charge in [0.05, 0.1) is 5.39 Å². The van der Waals surface area contributed by atoms with Crippen LogP contribution in [0.1, 0.15) is 10.4 Å². The van der Waals surface area contributed by atoms with E-state index in [0.717, 1.165) is 27.3 Å². The third kappa shape index (κ3) is 2.26. The van der Waals surface area contributed by atoms with Crippen LogP contribution in [0.15, 0.2) is 36.7 Å². The molecule has 4 nitrogen and oxygen atoms in total. The van der Waals surface area contributed by atoms with Crippen LogP contribution in [0, 0.1) is 6.92 Å². The van der Waals surface area contributed by atoms with E-state index in [0.29, 0.717) is 6.54 Å². The lowest BCUT2D eigenvalue weighted by atomic mass is 10.2. The van der Waals surface area contributed by atoms with Gasteiger partial charge in [0, 0.05) is 24.2 Å². The van der Waals surface area contributed by atoms with Gasteiger partial charge in [0.25, 0.3) is 0 Å². The number of aromatic nitrogens is 2. The maximum Gasteiger partial charge on any atom is 0.144 e. The van der Waals surface area contributed by atoms with Crippen molar-refractivity contribution in [3.63, 3.8) is 0 Å². The average molecular weight is 284 g/mol. The van der Waals surface area contributed by atoms with Crippen LogP contribution in [0.5, 0.6) is 0 Å². The summed E-state index contributed by atoms with van der Waals surface area (Å²) in [6.07, 6.45) is 1.62. The first-order chi connectivity index (χ1) is 9.69. The minimum absolute atomic E-state index is 0.540. The highest BCUT2D eigenvalue weighted by atomic mass is 32.1. The largest absolute Gasteiger partial charge is 0.329 e. The average Bonchev–Trinajstić information content (AvgIpc) is 2.86. The van der Waals surface area contributed by atoms with E-state index < -0.39 is 0 Å². The second kappa shape index (κ2) is 5.19. The molecule has 0 unspecified atom stereocenters.